The Morgan fingerprint density at radius 1 is 1.08 bits per heavy atom. The van der Waals surface area contributed by atoms with Crippen molar-refractivity contribution < 1.29 is 14.3 Å². The van der Waals surface area contributed by atoms with Crippen molar-refractivity contribution in [2.24, 2.45) is 0 Å². The number of rotatable bonds is 5. The molecule has 126 valence electrons. The van der Waals surface area contributed by atoms with Crippen molar-refractivity contribution in [3.05, 3.63) is 42.5 Å². The maximum absolute atomic E-state index is 12.2. The van der Waals surface area contributed by atoms with Gasteiger partial charge in [0.05, 0.1) is 19.5 Å². The van der Waals surface area contributed by atoms with Crippen molar-refractivity contribution in [1.29, 1.82) is 0 Å². The minimum atomic E-state index is -0.0552. The van der Waals surface area contributed by atoms with Gasteiger partial charge < -0.3 is 14.8 Å². The molecule has 3 rings (SSSR count). The molecule has 0 radical (unpaired) electrons. The number of carbonyl (C=O) groups excluding carboxylic acids is 1. The molecule has 0 aromatic carbocycles. The molecular formula is C17H20N4O3. The van der Waals surface area contributed by atoms with E-state index in [-0.39, 0.29) is 18.1 Å². The van der Waals surface area contributed by atoms with Gasteiger partial charge in [-0.2, -0.15) is 4.98 Å². The number of ether oxygens (including phenoxy) is 2. The van der Waals surface area contributed by atoms with E-state index in [9.17, 15) is 4.79 Å². The van der Waals surface area contributed by atoms with Crippen LogP contribution < -0.4 is 14.8 Å². The van der Waals surface area contributed by atoms with Gasteiger partial charge in [0.1, 0.15) is 6.10 Å². The van der Waals surface area contributed by atoms with E-state index in [2.05, 4.69) is 20.3 Å². The lowest BCUT2D eigenvalue weighted by atomic mass is 9.92. The van der Waals surface area contributed by atoms with Gasteiger partial charge in [0, 0.05) is 24.0 Å². The van der Waals surface area contributed by atoms with Crippen LogP contribution in [0, 0.1) is 0 Å². The first kappa shape index (κ1) is 16.2. The Kier molecular flexibility index (Phi) is 5.20. The van der Waals surface area contributed by atoms with Gasteiger partial charge in [0.2, 0.25) is 11.8 Å². The van der Waals surface area contributed by atoms with Crippen LogP contribution in [0.2, 0.25) is 0 Å². The van der Waals surface area contributed by atoms with Crippen LogP contribution in [0.1, 0.15) is 36.0 Å². The van der Waals surface area contributed by atoms with E-state index in [0.717, 1.165) is 25.7 Å². The fourth-order valence-electron chi connectivity index (χ4n) is 2.75. The number of amides is 1. The molecule has 2 aromatic heterocycles. The Morgan fingerprint density at radius 2 is 1.79 bits per heavy atom. The highest BCUT2D eigenvalue weighted by Gasteiger charge is 2.24. The van der Waals surface area contributed by atoms with Gasteiger partial charge in [-0.1, -0.05) is 0 Å². The lowest BCUT2D eigenvalue weighted by Gasteiger charge is -2.29. The summed E-state index contributed by atoms with van der Waals surface area (Å²) >= 11 is 0. The average molecular weight is 328 g/mol. The molecule has 7 heteroatoms. The molecule has 0 atom stereocenters. The summed E-state index contributed by atoms with van der Waals surface area (Å²) in [5.74, 6) is 0.852. The number of methoxy groups -OCH3 is 1. The molecule has 0 saturated heterocycles. The molecule has 7 nitrogen and oxygen atoms in total. The maximum atomic E-state index is 12.2. The van der Waals surface area contributed by atoms with Crippen LogP contribution in [-0.2, 0) is 0 Å². The minimum absolute atomic E-state index is 0.0552. The lowest BCUT2D eigenvalue weighted by molar-refractivity contribution is 0.0889. The monoisotopic (exact) mass is 328 g/mol. The predicted molar refractivity (Wildman–Crippen MR) is 87.0 cm³/mol. The minimum Gasteiger partial charge on any atom is -0.480 e. The van der Waals surface area contributed by atoms with Crippen molar-refractivity contribution in [3.63, 3.8) is 0 Å². The van der Waals surface area contributed by atoms with Gasteiger partial charge in [-0.05, 0) is 37.8 Å². The van der Waals surface area contributed by atoms with Gasteiger partial charge in [-0.3, -0.25) is 14.8 Å². The van der Waals surface area contributed by atoms with Crippen molar-refractivity contribution >= 4 is 5.91 Å². The standard InChI is InChI=1S/C17H20N4O3/c1-23-15-10-19-11-16(21-15)24-14-4-2-13(3-5-14)20-17(22)12-6-8-18-9-7-12/h6-11,13-14H,2-5H2,1H3,(H,20,22). The smallest absolute Gasteiger partial charge is 0.251 e. The van der Waals surface area contributed by atoms with Crippen LogP contribution in [0.3, 0.4) is 0 Å². The van der Waals surface area contributed by atoms with Gasteiger partial charge in [0.25, 0.3) is 5.91 Å². The van der Waals surface area contributed by atoms with Gasteiger partial charge in [-0.15, -0.1) is 0 Å². The first-order valence-electron chi connectivity index (χ1n) is 7.98. The molecule has 2 heterocycles. The summed E-state index contributed by atoms with van der Waals surface area (Å²) in [7, 11) is 1.55. The van der Waals surface area contributed by atoms with Crippen LogP contribution in [0.25, 0.3) is 0 Å². The second-order valence-corrected chi connectivity index (χ2v) is 5.70. The second kappa shape index (κ2) is 7.72. The summed E-state index contributed by atoms with van der Waals surface area (Å²) in [6.45, 7) is 0. The first-order chi connectivity index (χ1) is 11.7. The molecule has 1 fully saturated rings. The summed E-state index contributed by atoms with van der Waals surface area (Å²) in [5, 5.41) is 3.07. The molecule has 0 spiro atoms. The Bertz CT molecular complexity index is 673. The zero-order valence-electron chi connectivity index (χ0n) is 13.5. The highest BCUT2D eigenvalue weighted by Crippen LogP contribution is 2.23. The Labute approximate surface area is 140 Å². The molecule has 1 aliphatic carbocycles. The van der Waals surface area contributed by atoms with Crippen LogP contribution in [-0.4, -0.2) is 40.1 Å². The highest BCUT2D eigenvalue weighted by molar-refractivity contribution is 5.94. The fraction of sp³-hybridized carbons (Fsp3) is 0.412. The molecule has 1 N–H and O–H groups in total. The third-order valence-corrected chi connectivity index (χ3v) is 4.04. The third kappa shape index (κ3) is 4.18. The maximum Gasteiger partial charge on any atom is 0.251 e. The zero-order chi connectivity index (χ0) is 16.8. The van der Waals surface area contributed by atoms with Crippen LogP contribution in [0.4, 0.5) is 0 Å². The summed E-state index contributed by atoms with van der Waals surface area (Å²) in [4.78, 5) is 24.3. The topological polar surface area (TPSA) is 86.2 Å². The summed E-state index contributed by atoms with van der Waals surface area (Å²) in [5.41, 5.74) is 0.634. The van der Waals surface area contributed by atoms with Crippen LogP contribution >= 0.6 is 0 Å². The Morgan fingerprint density at radius 3 is 2.50 bits per heavy atom. The van der Waals surface area contributed by atoms with Crippen LogP contribution in [0.5, 0.6) is 11.8 Å². The van der Waals surface area contributed by atoms with E-state index in [0.29, 0.717) is 17.3 Å². The molecule has 0 bridgehead atoms. The number of hydrogen-bond donors (Lipinski definition) is 1. The molecule has 1 aliphatic rings. The van der Waals surface area contributed by atoms with E-state index in [4.69, 9.17) is 9.47 Å². The largest absolute Gasteiger partial charge is 0.480 e. The van der Waals surface area contributed by atoms with E-state index in [1.165, 1.54) is 0 Å². The van der Waals surface area contributed by atoms with Crippen LogP contribution in [0.15, 0.2) is 36.9 Å². The molecule has 1 saturated carbocycles. The summed E-state index contributed by atoms with van der Waals surface area (Å²) in [6.07, 6.45) is 9.92. The van der Waals surface area contributed by atoms with Crippen molar-refractivity contribution in [3.8, 4) is 11.8 Å². The second-order valence-electron chi connectivity index (χ2n) is 5.70. The first-order valence-corrected chi connectivity index (χ1v) is 7.98. The zero-order valence-corrected chi connectivity index (χ0v) is 13.5. The SMILES string of the molecule is COc1cncc(OC2CCC(NC(=O)c3ccncc3)CC2)n1. The van der Waals surface area contributed by atoms with Crippen molar-refractivity contribution in [2.45, 2.75) is 37.8 Å². The molecule has 0 unspecified atom stereocenters. The number of nitrogens with zero attached hydrogens (tertiary/aromatic N) is 3. The number of hydrogen-bond acceptors (Lipinski definition) is 6. The number of carbonyl (C=O) groups is 1. The summed E-state index contributed by atoms with van der Waals surface area (Å²) < 4.78 is 10.9. The van der Waals surface area contributed by atoms with E-state index < -0.39 is 0 Å². The van der Waals surface area contributed by atoms with Gasteiger partial charge in [0.15, 0.2) is 0 Å². The number of nitrogens with one attached hydrogen (secondary N) is 1. The van der Waals surface area contributed by atoms with Gasteiger partial charge in [-0.25, -0.2) is 0 Å². The Hall–Kier alpha value is -2.70. The molecular weight excluding hydrogens is 308 g/mol. The number of aromatic nitrogens is 3. The third-order valence-electron chi connectivity index (χ3n) is 4.04. The summed E-state index contributed by atoms with van der Waals surface area (Å²) in [6, 6.07) is 3.60. The molecule has 24 heavy (non-hydrogen) atoms. The van der Waals surface area contributed by atoms with E-state index in [1.807, 2.05) is 0 Å². The predicted octanol–water partition coefficient (Wildman–Crippen LogP) is 2.00. The normalized spacial score (nSPS) is 20.2. The average Bonchev–Trinajstić information content (AvgIpc) is 2.64. The van der Waals surface area contributed by atoms with Gasteiger partial charge >= 0.3 is 0 Å². The fourth-order valence-corrected chi connectivity index (χ4v) is 2.75. The van der Waals surface area contributed by atoms with E-state index in [1.54, 1.807) is 44.0 Å². The highest BCUT2D eigenvalue weighted by atomic mass is 16.5. The lowest BCUT2D eigenvalue weighted by Crippen LogP contribution is -2.39. The quantitative estimate of drug-likeness (QED) is 0.903. The van der Waals surface area contributed by atoms with E-state index >= 15 is 0 Å². The molecule has 0 aliphatic heterocycles. The molecule has 2 aromatic rings. The van der Waals surface area contributed by atoms with Crippen molar-refractivity contribution in [2.75, 3.05) is 7.11 Å². The van der Waals surface area contributed by atoms with Crippen molar-refractivity contribution in [1.82, 2.24) is 20.3 Å². The Balaban J connectivity index is 1.48. The number of pyridine rings is 1. The molecule has 1 amide bonds.